The van der Waals surface area contributed by atoms with Gasteiger partial charge in [-0.15, -0.1) is 0 Å². The van der Waals surface area contributed by atoms with E-state index < -0.39 is 0 Å². The second kappa shape index (κ2) is 6.19. The molecular weight excluding hydrogens is 334 g/mol. The number of methoxy groups -OCH3 is 1. The Hall–Kier alpha value is -2.91. The first-order valence-corrected chi connectivity index (χ1v) is 8.22. The van der Waals surface area contributed by atoms with E-state index in [1.165, 1.54) is 7.11 Å². The number of carbonyl (C=O) groups is 1. The Labute approximate surface area is 149 Å². The molecule has 0 aliphatic carbocycles. The lowest BCUT2D eigenvalue weighted by Gasteiger charge is -2.11. The Morgan fingerprint density at radius 3 is 2.48 bits per heavy atom. The number of pyridine rings is 1. The van der Waals surface area contributed by atoms with E-state index in [-0.39, 0.29) is 5.97 Å². The third-order valence-corrected chi connectivity index (χ3v) is 4.50. The molecule has 1 heterocycles. The van der Waals surface area contributed by atoms with Gasteiger partial charge in [-0.05, 0) is 23.6 Å². The van der Waals surface area contributed by atoms with E-state index in [0.29, 0.717) is 16.3 Å². The number of halogens is 1. The van der Waals surface area contributed by atoms with Gasteiger partial charge >= 0.3 is 5.97 Å². The Morgan fingerprint density at radius 1 is 0.960 bits per heavy atom. The van der Waals surface area contributed by atoms with Crippen LogP contribution in [-0.2, 0) is 4.74 Å². The van der Waals surface area contributed by atoms with Gasteiger partial charge in [-0.25, -0.2) is 9.78 Å². The van der Waals surface area contributed by atoms with Gasteiger partial charge in [-0.1, -0.05) is 60.1 Å². The molecule has 0 aliphatic heterocycles. The first kappa shape index (κ1) is 15.6. The molecule has 3 aromatic carbocycles. The highest BCUT2D eigenvalue weighted by Gasteiger charge is 2.16. The predicted octanol–water partition coefficient (Wildman–Crippen LogP) is 5.50. The average molecular weight is 348 g/mol. The highest BCUT2D eigenvalue weighted by molar-refractivity contribution is 6.30. The number of aromatic nitrogens is 1. The Balaban J connectivity index is 2.09. The molecule has 0 N–H and O–H groups in total. The molecule has 0 saturated heterocycles. The number of benzene rings is 3. The summed E-state index contributed by atoms with van der Waals surface area (Å²) in [6.45, 7) is 0. The summed E-state index contributed by atoms with van der Waals surface area (Å²) in [5, 5.41) is 3.51. The number of hydrogen-bond acceptors (Lipinski definition) is 3. The summed E-state index contributed by atoms with van der Waals surface area (Å²) < 4.78 is 4.98. The summed E-state index contributed by atoms with van der Waals surface area (Å²) in [5.74, 6) is -0.377. The molecular formula is C21H14ClNO2. The maximum Gasteiger partial charge on any atom is 0.338 e. The number of hydrogen-bond donors (Lipinski definition) is 0. The van der Waals surface area contributed by atoms with Crippen LogP contribution in [0.1, 0.15) is 10.4 Å². The number of nitrogens with zero attached hydrogens (tertiary/aromatic N) is 1. The van der Waals surface area contributed by atoms with E-state index in [2.05, 4.69) is 0 Å². The zero-order valence-corrected chi connectivity index (χ0v) is 14.2. The van der Waals surface area contributed by atoms with Crippen LogP contribution >= 0.6 is 11.6 Å². The molecule has 0 radical (unpaired) electrons. The van der Waals surface area contributed by atoms with Gasteiger partial charge in [0.15, 0.2) is 0 Å². The third-order valence-electron chi connectivity index (χ3n) is 4.25. The maximum absolute atomic E-state index is 12.3. The maximum atomic E-state index is 12.3. The molecule has 4 aromatic rings. The van der Waals surface area contributed by atoms with Crippen LogP contribution in [0.3, 0.4) is 0 Å². The molecule has 0 amide bonds. The Morgan fingerprint density at radius 2 is 1.72 bits per heavy atom. The van der Waals surface area contributed by atoms with Crippen molar-refractivity contribution in [2.75, 3.05) is 7.11 Å². The van der Waals surface area contributed by atoms with Crippen LogP contribution in [0.15, 0.2) is 66.7 Å². The second-order valence-corrected chi connectivity index (χ2v) is 6.17. The van der Waals surface area contributed by atoms with E-state index in [1.54, 1.807) is 6.07 Å². The molecule has 4 rings (SSSR count). The number of fused-ring (bicyclic) bond motifs is 3. The number of rotatable bonds is 2. The van der Waals surface area contributed by atoms with Crippen LogP contribution in [0.2, 0.25) is 5.02 Å². The first-order chi connectivity index (χ1) is 12.2. The molecule has 0 atom stereocenters. The van der Waals surface area contributed by atoms with E-state index in [0.717, 1.165) is 27.2 Å². The summed E-state index contributed by atoms with van der Waals surface area (Å²) in [7, 11) is 1.39. The third kappa shape index (κ3) is 2.73. The predicted molar refractivity (Wildman–Crippen MR) is 101 cm³/mol. The molecule has 4 heteroatoms. The van der Waals surface area contributed by atoms with E-state index in [1.807, 2.05) is 60.7 Å². The number of carbonyl (C=O) groups excluding carboxylic acids is 1. The summed E-state index contributed by atoms with van der Waals surface area (Å²) in [6, 6.07) is 21.1. The monoisotopic (exact) mass is 347 g/mol. The van der Waals surface area contributed by atoms with Crippen LogP contribution in [-0.4, -0.2) is 18.1 Å². The number of esters is 1. The van der Waals surface area contributed by atoms with Crippen LogP contribution in [0.4, 0.5) is 0 Å². The van der Waals surface area contributed by atoms with Crippen molar-refractivity contribution in [3.8, 4) is 11.3 Å². The molecule has 0 fully saturated rings. The fourth-order valence-corrected chi connectivity index (χ4v) is 3.13. The molecule has 122 valence electrons. The van der Waals surface area contributed by atoms with Crippen molar-refractivity contribution < 1.29 is 9.53 Å². The van der Waals surface area contributed by atoms with Crippen LogP contribution in [0, 0.1) is 0 Å². The van der Waals surface area contributed by atoms with Gasteiger partial charge in [0.2, 0.25) is 0 Å². The summed E-state index contributed by atoms with van der Waals surface area (Å²) in [4.78, 5) is 17.2. The average Bonchev–Trinajstić information content (AvgIpc) is 2.67. The minimum Gasteiger partial charge on any atom is -0.465 e. The Kier molecular flexibility index (Phi) is 3.86. The standard InChI is InChI=1S/C21H14ClNO2/c1-25-21(24)18-12-19(14-6-9-15(22)10-7-14)23-20-16-5-3-2-4-13(16)8-11-17(18)20/h2-12H,1H3. The smallest absolute Gasteiger partial charge is 0.338 e. The van der Waals surface area contributed by atoms with Gasteiger partial charge in [0, 0.05) is 21.4 Å². The van der Waals surface area contributed by atoms with Gasteiger partial charge in [0.05, 0.1) is 23.9 Å². The van der Waals surface area contributed by atoms with E-state index in [9.17, 15) is 4.79 Å². The van der Waals surface area contributed by atoms with Gasteiger partial charge < -0.3 is 4.74 Å². The first-order valence-electron chi connectivity index (χ1n) is 7.84. The zero-order valence-electron chi connectivity index (χ0n) is 13.5. The molecule has 0 aliphatic rings. The molecule has 0 bridgehead atoms. The minimum absolute atomic E-state index is 0.377. The zero-order chi connectivity index (χ0) is 17.4. The lowest BCUT2D eigenvalue weighted by Crippen LogP contribution is -2.04. The van der Waals surface area contributed by atoms with Gasteiger partial charge in [0.1, 0.15) is 0 Å². The summed E-state index contributed by atoms with van der Waals surface area (Å²) >= 11 is 5.98. The van der Waals surface area contributed by atoms with Crippen LogP contribution in [0.5, 0.6) is 0 Å². The van der Waals surface area contributed by atoms with Crippen molar-refractivity contribution in [1.29, 1.82) is 0 Å². The fourth-order valence-electron chi connectivity index (χ4n) is 3.01. The van der Waals surface area contributed by atoms with Crippen molar-refractivity contribution in [3.63, 3.8) is 0 Å². The molecule has 0 unspecified atom stereocenters. The minimum atomic E-state index is -0.377. The highest BCUT2D eigenvalue weighted by atomic mass is 35.5. The largest absolute Gasteiger partial charge is 0.465 e. The van der Waals surface area contributed by atoms with Gasteiger partial charge in [-0.3, -0.25) is 0 Å². The molecule has 25 heavy (non-hydrogen) atoms. The van der Waals surface area contributed by atoms with Crippen LogP contribution < -0.4 is 0 Å². The quantitative estimate of drug-likeness (QED) is 0.355. The molecule has 0 saturated carbocycles. The fraction of sp³-hybridized carbons (Fsp3) is 0.0476. The van der Waals surface area contributed by atoms with E-state index in [4.69, 9.17) is 21.3 Å². The number of ether oxygens (including phenoxy) is 1. The van der Waals surface area contributed by atoms with Gasteiger partial charge in [0.25, 0.3) is 0 Å². The van der Waals surface area contributed by atoms with E-state index >= 15 is 0 Å². The van der Waals surface area contributed by atoms with Gasteiger partial charge in [-0.2, -0.15) is 0 Å². The van der Waals surface area contributed by atoms with Crippen molar-refractivity contribution >= 4 is 39.2 Å². The van der Waals surface area contributed by atoms with Crippen molar-refractivity contribution in [3.05, 3.63) is 77.3 Å². The summed E-state index contributed by atoms with van der Waals surface area (Å²) in [6.07, 6.45) is 0. The van der Waals surface area contributed by atoms with Crippen molar-refractivity contribution in [1.82, 2.24) is 4.98 Å². The molecule has 0 spiro atoms. The van der Waals surface area contributed by atoms with Crippen LogP contribution in [0.25, 0.3) is 32.9 Å². The van der Waals surface area contributed by atoms with Crippen molar-refractivity contribution in [2.45, 2.75) is 0 Å². The topological polar surface area (TPSA) is 39.2 Å². The Bertz CT molecular complexity index is 1100. The highest BCUT2D eigenvalue weighted by Crippen LogP contribution is 2.30. The second-order valence-electron chi connectivity index (χ2n) is 5.74. The normalized spacial score (nSPS) is 11.0. The lowest BCUT2D eigenvalue weighted by atomic mass is 10.00. The van der Waals surface area contributed by atoms with Crippen molar-refractivity contribution in [2.24, 2.45) is 0 Å². The summed E-state index contributed by atoms with van der Waals surface area (Å²) in [5.41, 5.74) is 2.89. The molecule has 3 nitrogen and oxygen atoms in total. The molecule has 1 aromatic heterocycles. The SMILES string of the molecule is COC(=O)c1cc(-c2ccc(Cl)cc2)nc2c1ccc1ccccc12. The lowest BCUT2D eigenvalue weighted by molar-refractivity contribution is 0.0603.